The third kappa shape index (κ3) is 2.60. The lowest BCUT2D eigenvalue weighted by Gasteiger charge is -2.07. The molecule has 0 fully saturated rings. The van der Waals surface area contributed by atoms with E-state index in [1.165, 1.54) is 25.6 Å². The molecule has 2 aromatic rings. The number of hydrogen-bond donors (Lipinski definition) is 0. The fourth-order valence-electron chi connectivity index (χ4n) is 1.91. The Labute approximate surface area is 120 Å². The zero-order valence-corrected chi connectivity index (χ0v) is 12.6. The summed E-state index contributed by atoms with van der Waals surface area (Å²) in [7, 11) is 2.80. The number of carbonyl (C=O) groups excluding carboxylic acids is 1. The van der Waals surface area contributed by atoms with Crippen molar-refractivity contribution in [2.45, 2.75) is 20.3 Å². The van der Waals surface area contributed by atoms with Gasteiger partial charge in [0.2, 0.25) is 0 Å². The molecule has 0 aliphatic heterocycles. The molecule has 0 N–H and O–H groups in total. The summed E-state index contributed by atoms with van der Waals surface area (Å²) in [6.07, 6.45) is 0.399. The highest BCUT2D eigenvalue weighted by Crippen LogP contribution is 2.38. The van der Waals surface area contributed by atoms with Gasteiger partial charge in [-0.1, -0.05) is 13.8 Å². The fraction of sp³-hybridized carbons (Fsp3) is 0.429. The topological polar surface area (TPSA) is 48.4 Å². The second-order valence-electron chi connectivity index (χ2n) is 4.81. The summed E-state index contributed by atoms with van der Waals surface area (Å²) < 4.78 is 24.9. The summed E-state index contributed by atoms with van der Waals surface area (Å²) in [6.45, 7) is 3.91. The third-order valence-corrected chi connectivity index (χ3v) is 3.85. The van der Waals surface area contributed by atoms with Crippen LogP contribution < -0.4 is 9.47 Å². The molecule has 0 radical (unpaired) electrons. The van der Waals surface area contributed by atoms with Crippen LogP contribution in [0.5, 0.6) is 11.5 Å². The molecular weight excluding hydrogens is 281 g/mol. The molecule has 0 bridgehead atoms. The van der Waals surface area contributed by atoms with Gasteiger partial charge in [0, 0.05) is 12.5 Å². The normalized spacial score (nSPS) is 11.1. The molecule has 108 valence electrons. The minimum Gasteiger partial charge on any atom is -0.493 e. The summed E-state index contributed by atoms with van der Waals surface area (Å²) in [5, 5.41) is 0.322. The number of methoxy groups -OCH3 is 2. The molecule has 1 aromatic heterocycles. The van der Waals surface area contributed by atoms with Crippen molar-refractivity contribution < 1.29 is 18.7 Å². The minimum absolute atomic E-state index is 0.00755. The van der Waals surface area contributed by atoms with Gasteiger partial charge in [0.25, 0.3) is 0 Å². The molecule has 0 saturated carbocycles. The van der Waals surface area contributed by atoms with Crippen LogP contribution in [0.4, 0.5) is 4.39 Å². The van der Waals surface area contributed by atoms with Gasteiger partial charge in [-0.15, -0.1) is 11.3 Å². The quantitative estimate of drug-likeness (QED) is 0.790. The monoisotopic (exact) mass is 297 g/mol. The second-order valence-corrected chi connectivity index (χ2v) is 5.84. The number of thiazole rings is 1. The van der Waals surface area contributed by atoms with Gasteiger partial charge >= 0.3 is 0 Å². The highest BCUT2D eigenvalue weighted by atomic mass is 32.1. The molecule has 4 nitrogen and oxygen atoms in total. The molecule has 0 atom stereocenters. The van der Waals surface area contributed by atoms with Crippen LogP contribution in [0.3, 0.4) is 0 Å². The van der Waals surface area contributed by atoms with Gasteiger partial charge in [0.05, 0.1) is 18.9 Å². The molecule has 1 aromatic carbocycles. The number of aromatic nitrogens is 1. The van der Waals surface area contributed by atoms with Crippen molar-refractivity contribution in [3.8, 4) is 11.5 Å². The summed E-state index contributed by atoms with van der Waals surface area (Å²) in [5.74, 6) is -0.124. The second kappa shape index (κ2) is 5.75. The summed E-state index contributed by atoms with van der Waals surface area (Å²) >= 11 is 1.17. The zero-order valence-electron chi connectivity index (χ0n) is 11.8. The van der Waals surface area contributed by atoms with Crippen LogP contribution >= 0.6 is 11.3 Å². The van der Waals surface area contributed by atoms with Crippen molar-refractivity contribution in [3.05, 3.63) is 16.9 Å². The Morgan fingerprint density at radius 1 is 1.40 bits per heavy atom. The van der Waals surface area contributed by atoms with Crippen LogP contribution in [-0.2, 0) is 0 Å². The first-order valence-corrected chi connectivity index (χ1v) is 7.03. The average molecular weight is 297 g/mol. The van der Waals surface area contributed by atoms with Gasteiger partial charge in [-0.25, -0.2) is 9.37 Å². The van der Waals surface area contributed by atoms with Crippen molar-refractivity contribution in [2.75, 3.05) is 14.2 Å². The summed E-state index contributed by atoms with van der Waals surface area (Å²) in [5.41, 5.74) is 0.153. The van der Waals surface area contributed by atoms with Crippen LogP contribution in [-0.4, -0.2) is 25.0 Å². The van der Waals surface area contributed by atoms with E-state index in [2.05, 4.69) is 4.98 Å². The van der Waals surface area contributed by atoms with E-state index in [4.69, 9.17) is 9.47 Å². The van der Waals surface area contributed by atoms with Gasteiger partial charge in [0.15, 0.2) is 28.1 Å². The maximum Gasteiger partial charge on any atom is 0.199 e. The average Bonchev–Trinajstić information content (AvgIpc) is 2.82. The highest BCUT2D eigenvalue weighted by molar-refractivity contribution is 7.20. The summed E-state index contributed by atoms with van der Waals surface area (Å²) in [6, 6.07) is 1.64. The SMILES string of the molecule is COc1cc2sc(C(=O)CC(C)C)nc2c(F)c1OC. The predicted octanol–water partition coefficient (Wildman–Crippen LogP) is 3.68. The van der Waals surface area contributed by atoms with E-state index in [-0.39, 0.29) is 23.0 Å². The Morgan fingerprint density at radius 3 is 2.65 bits per heavy atom. The first kappa shape index (κ1) is 14.7. The Morgan fingerprint density at radius 2 is 2.10 bits per heavy atom. The summed E-state index contributed by atoms with van der Waals surface area (Å²) in [4.78, 5) is 16.1. The number of ether oxygens (including phenoxy) is 2. The first-order chi connectivity index (χ1) is 9.47. The number of fused-ring (bicyclic) bond motifs is 1. The molecular formula is C14H16FNO3S. The molecule has 0 aliphatic rings. The molecule has 0 spiro atoms. The molecule has 0 aliphatic carbocycles. The van der Waals surface area contributed by atoms with Crippen LogP contribution in [0.1, 0.15) is 30.1 Å². The first-order valence-electron chi connectivity index (χ1n) is 6.22. The van der Waals surface area contributed by atoms with Gasteiger partial charge in [-0.3, -0.25) is 4.79 Å². The number of Topliss-reactive ketones (excluding diaryl/α,β-unsaturated/α-hetero) is 1. The number of carbonyl (C=O) groups is 1. The Balaban J connectivity index is 2.54. The zero-order chi connectivity index (χ0) is 14.9. The van der Waals surface area contributed by atoms with Gasteiger partial charge in [-0.05, 0) is 5.92 Å². The van der Waals surface area contributed by atoms with Crippen molar-refractivity contribution in [1.29, 1.82) is 0 Å². The number of hydrogen-bond acceptors (Lipinski definition) is 5. The number of rotatable bonds is 5. The molecule has 1 heterocycles. The third-order valence-electron chi connectivity index (χ3n) is 2.80. The van der Waals surface area contributed by atoms with Crippen LogP contribution in [0.2, 0.25) is 0 Å². The van der Waals surface area contributed by atoms with Crippen LogP contribution in [0.15, 0.2) is 6.07 Å². The maximum atomic E-state index is 14.3. The Kier molecular flexibility index (Phi) is 4.23. The lowest BCUT2D eigenvalue weighted by atomic mass is 10.1. The van der Waals surface area contributed by atoms with Crippen LogP contribution in [0, 0.1) is 11.7 Å². The number of benzene rings is 1. The van der Waals surface area contributed by atoms with Crippen LogP contribution in [0.25, 0.3) is 10.2 Å². The predicted molar refractivity (Wildman–Crippen MR) is 76.5 cm³/mol. The molecule has 20 heavy (non-hydrogen) atoms. The van der Waals surface area contributed by atoms with E-state index >= 15 is 0 Å². The lowest BCUT2D eigenvalue weighted by molar-refractivity contribution is 0.0967. The molecule has 0 saturated heterocycles. The fourth-order valence-corrected chi connectivity index (χ4v) is 2.85. The molecule has 0 amide bonds. The smallest absolute Gasteiger partial charge is 0.199 e. The van der Waals surface area contributed by atoms with E-state index in [0.717, 1.165) is 0 Å². The number of halogens is 1. The highest BCUT2D eigenvalue weighted by Gasteiger charge is 2.21. The number of ketones is 1. The largest absolute Gasteiger partial charge is 0.493 e. The van der Waals surface area contributed by atoms with E-state index in [1.54, 1.807) is 6.07 Å². The van der Waals surface area contributed by atoms with E-state index in [9.17, 15) is 9.18 Å². The van der Waals surface area contributed by atoms with Crippen molar-refractivity contribution >= 4 is 27.3 Å². The maximum absolute atomic E-state index is 14.3. The Hall–Kier alpha value is -1.69. The van der Waals surface area contributed by atoms with Gasteiger partial charge < -0.3 is 9.47 Å². The minimum atomic E-state index is -0.596. The standard InChI is InChI=1S/C14H16FNO3S/c1-7(2)5-8(17)14-16-12-10(20-14)6-9(18-3)13(19-4)11(12)15/h6-7H,5H2,1-4H3. The van der Waals surface area contributed by atoms with Crippen molar-refractivity contribution in [3.63, 3.8) is 0 Å². The van der Waals surface area contributed by atoms with Crippen molar-refractivity contribution in [2.24, 2.45) is 5.92 Å². The van der Waals surface area contributed by atoms with Gasteiger partial charge in [0.1, 0.15) is 5.52 Å². The molecule has 0 unspecified atom stereocenters. The molecule has 2 rings (SSSR count). The Bertz CT molecular complexity index is 651. The van der Waals surface area contributed by atoms with Crippen molar-refractivity contribution in [1.82, 2.24) is 4.98 Å². The number of nitrogens with zero attached hydrogens (tertiary/aromatic N) is 1. The van der Waals surface area contributed by atoms with E-state index in [0.29, 0.717) is 21.9 Å². The lowest BCUT2D eigenvalue weighted by Crippen LogP contribution is -2.02. The van der Waals surface area contributed by atoms with E-state index < -0.39 is 5.82 Å². The molecule has 6 heteroatoms. The van der Waals surface area contributed by atoms with E-state index in [1.807, 2.05) is 13.8 Å². The van der Waals surface area contributed by atoms with Gasteiger partial charge in [-0.2, -0.15) is 0 Å².